The van der Waals surface area contributed by atoms with Crippen molar-refractivity contribution in [1.82, 2.24) is 0 Å². The van der Waals surface area contributed by atoms with Crippen LogP contribution in [0.1, 0.15) is 10.4 Å². The van der Waals surface area contributed by atoms with E-state index in [1.54, 1.807) is 0 Å². The van der Waals surface area contributed by atoms with Crippen LogP contribution in [0.25, 0.3) is 0 Å². The zero-order valence-corrected chi connectivity index (χ0v) is 9.55. The zero-order chi connectivity index (χ0) is 13.5. The molecule has 0 saturated carbocycles. The largest absolute Gasteiger partial charge is 0.508 e. The van der Waals surface area contributed by atoms with Crippen molar-refractivity contribution in [3.05, 3.63) is 23.8 Å². The quantitative estimate of drug-likeness (QED) is 0.419. The number of amides is 1. The number of hydrogen-bond donors (Lipinski definition) is 4. The third-order valence-corrected chi connectivity index (χ3v) is 2.00. The number of carboxylic acids is 1. The topological polar surface area (TPSA) is 122 Å². The normalized spacial score (nSPS) is 10.1. The Labute approximate surface area is 103 Å². The van der Waals surface area contributed by atoms with Gasteiger partial charge in [-0.1, -0.05) is 0 Å². The van der Waals surface area contributed by atoms with E-state index in [2.05, 4.69) is 5.32 Å². The second-order valence-corrected chi connectivity index (χ2v) is 3.42. The summed E-state index contributed by atoms with van der Waals surface area (Å²) in [5.41, 5.74) is 5.09. The molecule has 7 heteroatoms. The van der Waals surface area contributed by atoms with Crippen LogP contribution in [-0.2, 0) is 9.53 Å². The second kappa shape index (κ2) is 6.58. The van der Waals surface area contributed by atoms with Gasteiger partial charge in [0.05, 0.1) is 17.9 Å². The van der Waals surface area contributed by atoms with Crippen LogP contribution in [0.2, 0.25) is 0 Å². The van der Waals surface area contributed by atoms with Gasteiger partial charge in [-0.15, -0.1) is 0 Å². The van der Waals surface area contributed by atoms with Gasteiger partial charge in [0.15, 0.2) is 0 Å². The molecule has 0 saturated heterocycles. The lowest BCUT2D eigenvalue weighted by molar-refractivity contribution is -0.120. The molecule has 1 aromatic rings. The van der Waals surface area contributed by atoms with E-state index < -0.39 is 11.9 Å². The molecule has 0 spiro atoms. The molecule has 1 aromatic carbocycles. The molecule has 1 rings (SSSR count). The zero-order valence-electron chi connectivity index (χ0n) is 9.55. The smallest absolute Gasteiger partial charge is 0.337 e. The number of phenols is 1. The number of benzene rings is 1. The summed E-state index contributed by atoms with van der Waals surface area (Å²) in [5.74, 6) is -1.93. The van der Waals surface area contributed by atoms with Crippen LogP contribution in [-0.4, -0.2) is 41.8 Å². The maximum absolute atomic E-state index is 11.4. The van der Waals surface area contributed by atoms with Gasteiger partial charge in [0, 0.05) is 6.54 Å². The molecule has 98 valence electrons. The van der Waals surface area contributed by atoms with Gasteiger partial charge in [-0.05, 0) is 18.2 Å². The fourth-order valence-corrected chi connectivity index (χ4v) is 1.25. The van der Waals surface area contributed by atoms with E-state index in [4.69, 9.17) is 15.6 Å². The van der Waals surface area contributed by atoms with Crippen molar-refractivity contribution in [3.63, 3.8) is 0 Å². The lowest BCUT2D eigenvalue weighted by Gasteiger charge is -2.09. The van der Waals surface area contributed by atoms with Crippen molar-refractivity contribution in [2.75, 3.05) is 25.1 Å². The van der Waals surface area contributed by atoms with Gasteiger partial charge in [0.2, 0.25) is 5.91 Å². The van der Waals surface area contributed by atoms with Crippen molar-refractivity contribution in [3.8, 4) is 5.75 Å². The summed E-state index contributed by atoms with van der Waals surface area (Å²) in [4.78, 5) is 22.3. The first-order chi connectivity index (χ1) is 8.54. The summed E-state index contributed by atoms with van der Waals surface area (Å²) in [5, 5.41) is 20.5. The Bertz CT molecular complexity index is 447. The van der Waals surface area contributed by atoms with E-state index >= 15 is 0 Å². The van der Waals surface area contributed by atoms with Crippen LogP contribution in [0.15, 0.2) is 18.2 Å². The third kappa shape index (κ3) is 4.04. The summed E-state index contributed by atoms with van der Waals surface area (Å²) in [6.07, 6.45) is 0. The molecule has 5 N–H and O–H groups in total. The van der Waals surface area contributed by atoms with Gasteiger partial charge >= 0.3 is 5.97 Å². The summed E-state index contributed by atoms with van der Waals surface area (Å²) >= 11 is 0. The fraction of sp³-hybridized carbons (Fsp3) is 0.273. The molecule has 0 aliphatic heterocycles. The van der Waals surface area contributed by atoms with Gasteiger partial charge < -0.3 is 26.0 Å². The molecule has 7 nitrogen and oxygen atoms in total. The lowest BCUT2D eigenvalue weighted by atomic mass is 10.1. The number of hydrogen-bond acceptors (Lipinski definition) is 5. The number of aromatic hydroxyl groups is 1. The number of aromatic carboxylic acids is 1. The highest BCUT2D eigenvalue weighted by molar-refractivity contribution is 6.01. The second-order valence-electron chi connectivity index (χ2n) is 3.42. The number of phenolic OH excluding ortho intramolecular Hbond substituents is 1. The van der Waals surface area contributed by atoms with E-state index in [1.807, 2.05) is 0 Å². The molecule has 0 aromatic heterocycles. The van der Waals surface area contributed by atoms with Crippen LogP contribution < -0.4 is 11.1 Å². The molecular weight excluding hydrogens is 240 g/mol. The molecule has 1 amide bonds. The summed E-state index contributed by atoms with van der Waals surface area (Å²) in [7, 11) is 0. The highest BCUT2D eigenvalue weighted by Gasteiger charge is 2.13. The molecule has 0 fully saturated rings. The Kier molecular flexibility index (Phi) is 5.09. The fourth-order valence-electron chi connectivity index (χ4n) is 1.25. The van der Waals surface area contributed by atoms with E-state index in [0.29, 0.717) is 6.54 Å². The predicted molar refractivity (Wildman–Crippen MR) is 63.6 cm³/mol. The third-order valence-electron chi connectivity index (χ3n) is 2.00. The van der Waals surface area contributed by atoms with E-state index in [-0.39, 0.29) is 30.2 Å². The average Bonchev–Trinajstić information content (AvgIpc) is 2.31. The molecule has 0 heterocycles. The van der Waals surface area contributed by atoms with Gasteiger partial charge in [0.25, 0.3) is 0 Å². The Morgan fingerprint density at radius 2 is 2.11 bits per heavy atom. The van der Waals surface area contributed by atoms with E-state index in [9.17, 15) is 14.7 Å². The average molecular weight is 254 g/mol. The van der Waals surface area contributed by atoms with Crippen LogP contribution in [0.4, 0.5) is 5.69 Å². The Hall–Kier alpha value is -2.12. The molecular formula is C11H14N2O5. The standard InChI is InChI=1S/C11H14N2O5/c12-3-4-18-6-10(15)13-9-2-1-7(14)5-8(9)11(16)17/h1-2,5,14H,3-4,6,12H2,(H,13,15)(H,16,17). The molecule has 18 heavy (non-hydrogen) atoms. The van der Waals surface area contributed by atoms with Crippen molar-refractivity contribution in [1.29, 1.82) is 0 Å². The summed E-state index contributed by atoms with van der Waals surface area (Å²) < 4.78 is 4.91. The minimum absolute atomic E-state index is 0.0987. The predicted octanol–water partition coefficient (Wildman–Crippen LogP) is 0.00420. The van der Waals surface area contributed by atoms with Gasteiger partial charge in [-0.3, -0.25) is 4.79 Å². The first-order valence-electron chi connectivity index (χ1n) is 5.18. The lowest BCUT2D eigenvalue weighted by Crippen LogP contribution is -2.21. The number of nitrogens with two attached hydrogens (primary N) is 1. The highest BCUT2D eigenvalue weighted by atomic mass is 16.5. The molecule has 0 aliphatic carbocycles. The maximum atomic E-state index is 11.4. The number of nitrogens with one attached hydrogen (secondary N) is 1. The number of carbonyl (C=O) groups is 2. The van der Waals surface area contributed by atoms with Gasteiger partial charge in [0.1, 0.15) is 12.4 Å². The minimum Gasteiger partial charge on any atom is -0.508 e. The summed E-state index contributed by atoms with van der Waals surface area (Å²) in [6, 6.07) is 3.64. The van der Waals surface area contributed by atoms with E-state index in [0.717, 1.165) is 6.07 Å². The van der Waals surface area contributed by atoms with Crippen molar-refractivity contribution in [2.45, 2.75) is 0 Å². The molecule has 0 aliphatic rings. The number of rotatable bonds is 6. The molecule has 0 atom stereocenters. The van der Waals surface area contributed by atoms with Crippen LogP contribution in [0.5, 0.6) is 5.75 Å². The highest BCUT2D eigenvalue weighted by Crippen LogP contribution is 2.21. The molecule has 0 bridgehead atoms. The van der Waals surface area contributed by atoms with Gasteiger partial charge in [-0.2, -0.15) is 0 Å². The number of carboxylic acid groups (broad SMARTS) is 1. The SMILES string of the molecule is NCCOCC(=O)Nc1ccc(O)cc1C(=O)O. The Balaban J connectivity index is 2.72. The van der Waals surface area contributed by atoms with Crippen LogP contribution in [0.3, 0.4) is 0 Å². The number of anilines is 1. The van der Waals surface area contributed by atoms with E-state index in [1.165, 1.54) is 12.1 Å². The first-order valence-corrected chi connectivity index (χ1v) is 5.18. The Morgan fingerprint density at radius 1 is 1.39 bits per heavy atom. The summed E-state index contributed by atoms with van der Waals surface area (Å²) in [6.45, 7) is 0.332. The van der Waals surface area contributed by atoms with Crippen molar-refractivity contribution < 1.29 is 24.5 Å². The number of carbonyl (C=O) groups excluding carboxylic acids is 1. The van der Waals surface area contributed by atoms with Crippen molar-refractivity contribution in [2.24, 2.45) is 5.73 Å². The van der Waals surface area contributed by atoms with Crippen LogP contribution in [0, 0.1) is 0 Å². The van der Waals surface area contributed by atoms with Crippen LogP contribution >= 0.6 is 0 Å². The Morgan fingerprint density at radius 3 is 2.72 bits per heavy atom. The van der Waals surface area contributed by atoms with Crippen molar-refractivity contribution >= 4 is 17.6 Å². The van der Waals surface area contributed by atoms with Gasteiger partial charge in [-0.25, -0.2) is 4.79 Å². The first kappa shape index (κ1) is 13.9. The molecule has 0 unspecified atom stereocenters. The minimum atomic E-state index is -1.25. The number of ether oxygens (including phenoxy) is 1. The molecule has 0 radical (unpaired) electrons. The maximum Gasteiger partial charge on any atom is 0.337 e. The monoisotopic (exact) mass is 254 g/mol.